The fourth-order valence-electron chi connectivity index (χ4n) is 1.89. The molecule has 0 unspecified atom stereocenters. The molecule has 0 amide bonds. The Labute approximate surface area is 126 Å². The van der Waals surface area contributed by atoms with Gasteiger partial charge in [0.1, 0.15) is 17.5 Å². The molecule has 0 aromatic carbocycles. The van der Waals surface area contributed by atoms with E-state index in [1.165, 1.54) is 0 Å². The minimum atomic E-state index is -0.153. The smallest absolute Gasteiger partial charge is 0.305 e. The number of carbonyl (C=O) groups excluding carboxylic acids is 1. The van der Waals surface area contributed by atoms with E-state index in [9.17, 15) is 4.79 Å². The fourth-order valence-corrected chi connectivity index (χ4v) is 1.89. The van der Waals surface area contributed by atoms with Gasteiger partial charge in [0.2, 0.25) is 0 Å². The molecule has 1 aromatic rings. The summed E-state index contributed by atoms with van der Waals surface area (Å²) in [4.78, 5) is 20.1. The Kier molecular flexibility index (Phi) is 7.50. The Hall–Kier alpha value is -1.85. The molecular formula is C15H26N4O2. The Morgan fingerprint density at radius 3 is 2.29 bits per heavy atom. The fraction of sp³-hybridized carbons (Fsp3) is 0.667. The van der Waals surface area contributed by atoms with Gasteiger partial charge in [-0.25, -0.2) is 9.97 Å². The highest BCUT2D eigenvalue weighted by Crippen LogP contribution is 2.19. The first-order valence-corrected chi connectivity index (χ1v) is 7.57. The molecule has 6 heteroatoms. The van der Waals surface area contributed by atoms with Gasteiger partial charge < -0.3 is 15.4 Å². The Morgan fingerprint density at radius 2 is 1.71 bits per heavy atom. The summed E-state index contributed by atoms with van der Waals surface area (Å²) in [5, 5.41) is 6.57. The molecule has 0 aliphatic carbocycles. The molecule has 2 N–H and O–H groups in total. The second-order valence-corrected chi connectivity index (χ2v) is 4.86. The topological polar surface area (TPSA) is 76.1 Å². The number of carbonyl (C=O) groups is 1. The van der Waals surface area contributed by atoms with Crippen LogP contribution in [0.15, 0.2) is 0 Å². The van der Waals surface area contributed by atoms with Crippen LogP contribution in [0, 0.1) is 13.8 Å². The number of rotatable bonds is 9. The number of aromatic nitrogens is 2. The van der Waals surface area contributed by atoms with Gasteiger partial charge in [0.05, 0.1) is 6.61 Å². The molecule has 1 rings (SSSR count). The molecule has 0 aliphatic rings. The predicted molar refractivity (Wildman–Crippen MR) is 84.6 cm³/mol. The number of ether oxygens (including phenoxy) is 1. The molecule has 0 spiro atoms. The maximum atomic E-state index is 11.3. The Bertz CT molecular complexity index is 463. The molecule has 6 nitrogen and oxygen atoms in total. The van der Waals surface area contributed by atoms with Crippen LogP contribution >= 0.6 is 0 Å². The van der Waals surface area contributed by atoms with Gasteiger partial charge in [-0.3, -0.25) is 4.79 Å². The van der Waals surface area contributed by atoms with E-state index in [4.69, 9.17) is 4.74 Å². The van der Waals surface area contributed by atoms with Crippen molar-refractivity contribution in [3.8, 4) is 0 Å². The van der Waals surface area contributed by atoms with Crippen molar-refractivity contribution in [2.45, 2.75) is 47.0 Å². The number of hydrogen-bond acceptors (Lipinski definition) is 6. The van der Waals surface area contributed by atoms with Crippen LogP contribution in [0.5, 0.6) is 0 Å². The van der Waals surface area contributed by atoms with Crippen molar-refractivity contribution < 1.29 is 9.53 Å². The lowest BCUT2D eigenvalue weighted by Crippen LogP contribution is -2.12. The van der Waals surface area contributed by atoms with Crippen molar-refractivity contribution >= 4 is 17.6 Å². The molecule has 0 atom stereocenters. The van der Waals surface area contributed by atoms with Crippen molar-refractivity contribution in [2.24, 2.45) is 0 Å². The molecule has 0 saturated heterocycles. The van der Waals surface area contributed by atoms with Crippen LogP contribution < -0.4 is 10.6 Å². The third-order valence-electron chi connectivity index (χ3n) is 2.96. The zero-order valence-corrected chi connectivity index (χ0v) is 13.5. The van der Waals surface area contributed by atoms with Crippen molar-refractivity contribution in [1.29, 1.82) is 0 Å². The number of nitrogens with one attached hydrogen (secondary N) is 2. The number of esters is 1. The van der Waals surface area contributed by atoms with E-state index < -0.39 is 0 Å². The molecule has 0 fully saturated rings. The van der Waals surface area contributed by atoms with Crippen LogP contribution in [0.25, 0.3) is 0 Å². The van der Waals surface area contributed by atoms with E-state index in [0.717, 1.165) is 42.4 Å². The van der Waals surface area contributed by atoms with Crippen LogP contribution in [0.1, 0.15) is 44.5 Å². The van der Waals surface area contributed by atoms with Gasteiger partial charge in [-0.1, -0.05) is 6.92 Å². The highest BCUT2D eigenvalue weighted by Gasteiger charge is 2.08. The number of anilines is 2. The molecule has 0 saturated carbocycles. The first kappa shape index (κ1) is 17.2. The quantitative estimate of drug-likeness (QED) is 0.538. The van der Waals surface area contributed by atoms with E-state index in [2.05, 4.69) is 27.5 Å². The molecular weight excluding hydrogens is 268 g/mol. The highest BCUT2D eigenvalue weighted by atomic mass is 16.5. The summed E-state index contributed by atoms with van der Waals surface area (Å²) < 4.78 is 4.90. The van der Waals surface area contributed by atoms with E-state index in [0.29, 0.717) is 19.6 Å². The van der Waals surface area contributed by atoms with Crippen molar-refractivity contribution in [3.63, 3.8) is 0 Å². The van der Waals surface area contributed by atoms with Crippen LogP contribution in [-0.4, -0.2) is 35.6 Å². The SMILES string of the molecule is CCCNc1nc(C)nc(NCCCC(=O)OCC)c1C. The van der Waals surface area contributed by atoms with E-state index in [1.807, 2.05) is 20.8 Å². The minimum Gasteiger partial charge on any atom is -0.466 e. The summed E-state index contributed by atoms with van der Waals surface area (Å²) in [5.74, 6) is 2.27. The molecule has 21 heavy (non-hydrogen) atoms. The molecule has 1 aromatic heterocycles. The van der Waals surface area contributed by atoms with Gasteiger partial charge in [0.15, 0.2) is 0 Å². The number of hydrogen-bond donors (Lipinski definition) is 2. The van der Waals surface area contributed by atoms with Crippen molar-refractivity contribution in [2.75, 3.05) is 30.3 Å². The number of nitrogens with zero attached hydrogens (tertiary/aromatic N) is 2. The first-order valence-electron chi connectivity index (χ1n) is 7.57. The van der Waals surface area contributed by atoms with Gasteiger partial charge in [-0.05, 0) is 33.6 Å². The lowest BCUT2D eigenvalue weighted by atomic mass is 10.2. The molecule has 0 bridgehead atoms. The molecule has 118 valence electrons. The predicted octanol–water partition coefficient (Wildman–Crippen LogP) is 2.67. The lowest BCUT2D eigenvalue weighted by molar-refractivity contribution is -0.143. The average Bonchev–Trinajstić information content (AvgIpc) is 2.45. The van der Waals surface area contributed by atoms with Crippen LogP contribution in [0.2, 0.25) is 0 Å². The standard InChI is InChI=1S/C15H26N4O2/c1-5-9-16-14-11(3)15(19-12(4)18-14)17-10-7-8-13(20)21-6-2/h5-10H2,1-4H3,(H2,16,17,18,19). The third-order valence-corrected chi connectivity index (χ3v) is 2.96. The molecule has 0 radical (unpaired) electrons. The largest absolute Gasteiger partial charge is 0.466 e. The second kappa shape index (κ2) is 9.15. The highest BCUT2D eigenvalue weighted by molar-refractivity contribution is 5.69. The van der Waals surface area contributed by atoms with E-state index in [-0.39, 0.29) is 5.97 Å². The van der Waals surface area contributed by atoms with Gasteiger partial charge in [0, 0.05) is 25.1 Å². The third kappa shape index (κ3) is 5.97. The van der Waals surface area contributed by atoms with Crippen LogP contribution in [-0.2, 0) is 9.53 Å². The molecule has 0 aliphatic heterocycles. The summed E-state index contributed by atoms with van der Waals surface area (Å²) >= 11 is 0. The van der Waals surface area contributed by atoms with Crippen LogP contribution in [0.3, 0.4) is 0 Å². The van der Waals surface area contributed by atoms with Crippen LogP contribution in [0.4, 0.5) is 11.6 Å². The minimum absolute atomic E-state index is 0.153. The summed E-state index contributed by atoms with van der Waals surface area (Å²) in [6.07, 6.45) is 2.19. The monoisotopic (exact) mass is 294 g/mol. The van der Waals surface area contributed by atoms with Gasteiger partial charge in [-0.2, -0.15) is 0 Å². The Balaban J connectivity index is 2.54. The summed E-state index contributed by atoms with van der Waals surface area (Å²) in [6.45, 7) is 9.80. The van der Waals surface area contributed by atoms with E-state index in [1.54, 1.807) is 0 Å². The summed E-state index contributed by atoms with van der Waals surface area (Å²) in [5.41, 5.74) is 1.00. The Morgan fingerprint density at radius 1 is 1.10 bits per heavy atom. The zero-order chi connectivity index (χ0) is 15.7. The maximum Gasteiger partial charge on any atom is 0.305 e. The van der Waals surface area contributed by atoms with Crippen molar-refractivity contribution in [1.82, 2.24) is 9.97 Å². The normalized spacial score (nSPS) is 10.3. The van der Waals surface area contributed by atoms with Gasteiger partial charge in [0.25, 0.3) is 0 Å². The van der Waals surface area contributed by atoms with Gasteiger partial charge >= 0.3 is 5.97 Å². The number of aryl methyl sites for hydroxylation is 1. The summed E-state index contributed by atoms with van der Waals surface area (Å²) in [7, 11) is 0. The first-order chi connectivity index (χ1) is 10.1. The van der Waals surface area contributed by atoms with Gasteiger partial charge in [-0.15, -0.1) is 0 Å². The zero-order valence-electron chi connectivity index (χ0n) is 13.5. The van der Waals surface area contributed by atoms with E-state index >= 15 is 0 Å². The second-order valence-electron chi connectivity index (χ2n) is 4.86. The average molecular weight is 294 g/mol. The maximum absolute atomic E-state index is 11.3. The van der Waals surface area contributed by atoms with Crippen molar-refractivity contribution in [3.05, 3.63) is 11.4 Å². The summed E-state index contributed by atoms with van der Waals surface area (Å²) in [6, 6.07) is 0. The lowest BCUT2D eigenvalue weighted by Gasteiger charge is -2.13. The molecule has 1 heterocycles.